The van der Waals surface area contributed by atoms with Gasteiger partial charge >= 0.3 is 0 Å². The van der Waals surface area contributed by atoms with Crippen molar-refractivity contribution in [3.05, 3.63) is 48.1 Å². The summed E-state index contributed by atoms with van der Waals surface area (Å²) in [6, 6.07) is 0. The Morgan fingerprint density at radius 1 is 1.21 bits per heavy atom. The van der Waals surface area contributed by atoms with Crippen LogP contribution in [0.15, 0.2) is 48.1 Å². The SMILES string of the molecule is C[C@H](C1=CCCC=C1)C1C=CC=CC1. The minimum atomic E-state index is 0.674. The van der Waals surface area contributed by atoms with Gasteiger partial charge in [0.25, 0.3) is 0 Å². The molecule has 2 atom stereocenters. The highest BCUT2D eigenvalue weighted by atomic mass is 14.2. The zero-order valence-electron chi connectivity index (χ0n) is 8.82. The highest BCUT2D eigenvalue weighted by Gasteiger charge is 2.17. The summed E-state index contributed by atoms with van der Waals surface area (Å²) in [7, 11) is 0. The summed E-state index contributed by atoms with van der Waals surface area (Å²) in [5.74, 6) is 1.38. The van der Waals surface area contributed by atoms with Gasteiger partial charge in [-0.3, -0.25) is 0 Å². The Morgan fingerprint density at radius 2 is 2.14 bits per heavy atom. The quantitative estimate of drug-likeness (QED) is 0.610. The Hall–Kier alpha value is -1.04. The topological polar surface area (TPSA) is 0 Å². The molecule has 0 fully saturated rings. The van der Waals surface area contributed by atoms with Crippen molar-refractivity contribution in [2.45, 2.75) is 26.2 Å². The molecule has 0 aromatic rings. The summed E-state index contributed by atoms with van der Waals surface area (Å²) < 4.78 is 0. The van der Waals surface area contributed by atoms with Gasteiger partial charge in [0.05, 0.1) is 0 Å². The largest absolute Gasteiger partial charge is 0.0840 e. The van der Waals surface area contributed by atoms with Crippen LogP contribution in [0.4, 0.5) is 0 Å². The number of rotatable bonds is 2. The second-order valence-corrected chi connectivity index (χ2v) is 4.19. The molecule has 0 aromatic heterocycles. The summed E-state index contributed by atoms with van der Waals surface area (Å²) in [4.78, 5) is 0. The van der Waals surface area contributed by atoms with Crippen molar-refractivity contribution in [2.24, 2.45) is 11.8 Å². The molecular weight excluding hydrogens is 168 g/mol. The van der Waals surface area contributed by atoms with Crippen LogP contribution in [0.5, 0.6) is 0 Å². The van der Waals surface area contributed by atoms with Gasteiger partial charge < -0.3 is 0 Å². The fraction of sp³-hybridized carbons (Fsp3) is 0.429. The highest BCUT2D eigenvalue weighted by Crippen LogP contribution is 2.29. The first-order valence-electron chi connectivity index (χ1n) is 5.58. The van der Waals surface area contributed by atoms with Gasteiger partial charge in [-0.05, 0) is 36.7 Å². The first-order valence-corrected chi connectivity index (χ1v) is 5.58. The summed E-state index contributed by atoms with van der Waals surface area (Å²) in [6.07, 6.45) is 19.6. The second-order valence-electron chi connectivity index (χ2n) is 4.19. The van der Waals surface area contributed by atoms with Crippen LogP contribution in [0, 0.1) is 11.8 Å². The normalized spacial score (nSPS) is 27.5. The summed E-state index contributed by atoms with van der Waals surface area (Å²) in [6.45, 7) is 2.34. The van der Waals surface area contributed by atoms with Crippen molar-refractivity contribution in [2.75, 3.05) is 0 Å². The maximum absolute atomic E-state index is 2.40. The van der Waals surface area contributed by atoms with E-state index in [9.17, 15) is 0 Å². The minimum absolute atomic E-state index is 0.674. The molecule has 0 aliphatic heterocycles. The van der Waals surface area contributed by atoms with E-state index in [0.29, 0.717) is 11.8 Å². The first-order chi connectivity index (χ1) is 6.88. The third-order valence-corrected chi connectivity index (χ3v) is 3.21. The predicted octanol–water partition coefficient (Wildman–Crippen LogP) is 4.03. The number of allylic oxidation sites excluding steroid dienone is 8. The molecule has 14 heavy (non-hydrogen) atoms. The van der Waals surface area contributed by atoms with Crippen molar-refractivity contribution in [1.82, 2.24) is 0 Å². The van der Waals surface area contributed by atoms with Gasteiger partial charge in [-0.15, -0.1) is 0 Å². The van der Waals surface area contributed by atoms with Crippen molar-refractivity contribution in [1.29, 1.82) is 0 Å². The molecule has 0 radical (unpaired) electrons. The smallest absolute Gasteiger partial charge is 0.0128 e. The molecule has 0 amide bonds. The molecule has 0 spiro atoms. The van der Waals surface area contributed by atoms with Crippen LogP contribution in [0.3, 0.4) is 0 Å². The van der Waals surface area contributed by atoms with E-state index >= 15 is 0 Å². The van der Waals surface area contributed by atoms with E-state index < -0.39 is 0 Å². The predicted molar refractivity (Wildman–Crippen MR) is 62.0 cm³/mol. The van der Waals surface area contributed by atoms with E-state index in [1.54, 1.807) is 0 Å². The Kier molecular flexibility index (Phi) is 3.03. The van der Waals surface area contributed by atoms with E-state index in [-0.39, 0.29) is 0 Å². The van der Waals surface area contributed by atoms with Gasteiger partial charge in [0.1, 0.15) is 0 Å². The molecule has 2 aliphatic carbocycles. The summed E-state index contributed by atoms with van der Waals surface area (Å²) in [5.41, 5.74) is 1.53. The zero-order chi connectivity index (χ0) is 9.80. The maximum atomic E-state index is 2.40. The van der Waals surface area contributed by atoms with Crippen LogP contribution in [0.1, 0.15) is 26.2 Å². The lowest BCUT2D eigenvalue weighted by atomic mass is 9.81. The Morgan fingerprint density at radius 3 is 2.79 bits per heavy atom. The minimum Gasteiger partial charge on any atom is -0.0840 e. The van der Waals surface area contributed by atoms with Gasteiger partial charge in [0.2, 0.25) is 0 Å². The molecule has 1 unspecified atom stereocenters. The average Bonchev–Trinajstić information content (AvgIpc) is 2.30. The monoisotopic (exact) mass is 186 g/mol. The molecule has 0 heterocycles. The van der Waals surface area contributed by atoms with Crippen molar-refractivity contribution in [3.63, 3.8) is 0 Å². The third kappa shape index (κ3) is 2.06. The molecule has 0 heteroatoms. The molecule has 0 saturated carbocycles. The van der Waals surface area contributed by atoms with E-state index in [1.807, 2.05) is 0 Å². The molecule has 0 N–H and O–H groups in total. The van der Waals surface area contributed by atoms with Crippen LogP contribution < -0.4 is 0 Å². The third-order valence-electron chi connectivity index (χ3n) is 3.21. The average molecular weight is 186 g/mol. The fourth-order valence-electron chi connectivity index (χ4n) is 2.19. The maximum Gasteiger partial charge on any atom is -0.0128 e. The lowest BCUT2D eigenvalue weighted by Gasteiger charge is -2.23. The Bertz CT molecular complexity index is 302. The molecule has 74 valence electrons. The van der Waals surface area contributed by atoms with Crippen molar-refractivity contribution < 1.29 is 0 Å². The number of hydrogen-bond donors (Lipinski definition) is 0. The van der Waals surface area contributed by atoms with Crippen molar-refractivity contribution in [3.8, 4) is 0 Å². The zero-order valence-corrected chi connectivity index (χ0v) is 8.82. The van der Waals surface area contributed by atoms with Gasteiger partial charge in [-0.1, -0.05) is 49.5 Å². The molecule has 2 rings (SSSR count). The van der Waals surface area contributed by atoms with Crippen LogP contribution in [-0.2, 0) is 0 Å². The fourth-order valence-corrected chi connectivity index (χ4v) is 2.19. The molecule has 0 aromatic carbocycles. The van der Waals surface area contributed by atoms with E-state index in [2.05, 4.69) is 49.5 Å². The van der Waals surface area contributed by atoms with Crippen molar-refractivity contribution >= 4 is 0 Å². The lowest BCUT2D eigenvalue weighted by Crippen LogP contribution is -2.12. The lowest BCUT2D eigenvalue weighted by molar-refractivity contribution is 0.495. The molecule has 2 aliphatic rings. The highest BCUT2D eigenvalue weighted by molar-refractivity contribution is 5.27. The molecular formula is C14H18. The molecule has 0 nitrogen and oxygen atoms in total. The van der Waals surface area contributed by atoms with E-state index in [1.165, 1.54) is 24.8 Å². The van der Waals surface area contributed by atoms with Crippen LogP contribution in [-0.4, -0.2) is 0 Å². The van der Waals surface area contributed by atoms with Crippen LogP contribution in [0.25, 0.3) is 0 Å². The van der Waals surface area contributed by atoms with Crippen LogP contribution in [0.2, 0.25) is 0 Å². The molecule has 0 saturated heterocycles. The van der Waals surface area contributed by atoms with E-state index in [0.717, 1.165) is 0 Å². The Balaban J connectivity index is 2.04. The van der Waals surface area contributed by atoms with Gasteiger partial charge in [-0.2, -0.15) is 0 Å². The number of hydrogen-bond acceptors (Lipinski definition) is 0. The van der Waals surface area contributed by atoms with Crippen LogP contribution >= 0.6 is 0 Å². The van der Waals surface area contributed by atoms with Gasteiger partial charge in [-0.25, -0.2) is 0 Å². The van der Waals surface area contributed by atoms with E-state index in [4.69, 9.17) is 0 Å². The summed E-state index contributed by atoms with van der Waals surface area (Å²) >= 11 is 0. The van der Waals surface area contributed by atoms with Gasteiger partial charge in [0.15, 0.2) is 0 Å². The molecule has 0 bridgehead atoms. The Labute approximate surface area is 86.7 Å². The second kappa shape index (κ2) is 4.45. The summed E-state index contributed by atoms with van der Waals surface area (Å²) in [5, 5.41) is 0. The first kappa shape index (κ1) is 9.51. The van der Waals surface area contributed by atoms with Gasteiger partial charge in [0, 0.05) is 0 Å². The standard InChI is InChI=1S/C14H18/c1-12(13-8-4-2-5-9-13)14-10-6-3-7-11-14/h2,4-6,8,10-13H,3,7,9H2,1H3/t12-,13?/m0/s1.